The maximum absolute atomic E-state index is 7.22. The predicted molar refractivity (Wildman–Crippen MR) is 339 cm³/mol. The normalized spacial score (nSPS) is 13.9. The molecule has 0 fully saturated rings. The van der Waals surface area contributed by atoms with Crippen LogP contribution in [0.1, 0.15) is 77.6 Å². The van der Waals surface area contributed by atoms with Gasteiger partial charge >= 0.3 is 0 Å². The lowest BCUT2D eigenvalue weighted by molar-refractivity contribution is 0.590. The van der Waals surface area contributed by atoms with Crippen molar-refractivity contribution in [3.8, 4) is 11.1 Å². The van der Waals surface area contributed by atoms with Crippen LogP contribution in [0, 0.1) is 0 Å². The molecule has 0 bridgehead atoms. The number of fused-ring (bicyclic) bond motifs is 13. The Labute approximate surface area is 461 Å². The first kappa shape index (κ1) is 50.0. The van der Waals surface area contributed by atoms with Crippen LogP contribution in [0.15, 0.2) is 183 Å². The summed E-state index contributed by atoms with van der Waals surface area (Å²) in [4.78, 5) is 4.85. The summed E-state index contributed by atoms with van der Waals surface area (Å²) in [6, 6.07) is 63.3. The lowest BCUT2D eigenvalue weighted by Gasteiger charge is -2.30. The number of hydrogen-bond donors (Lipinski definition) is 0. The molecule has 390 valence electrons. The van der Waals surface area contributed by atoms with E-state index in [2.05, 4.69) is 274 Å². The van der Waals surface area contributed by atoms with Gasteiger partial charge in [-0.1, -0.05) is 180 Å². The van der Waals surface area contributed by atoms with E-state index in [1.54, 1.807) is 0 Å². The molecule has 0 saturated heterocycles. The van der Waals surface area contributed by atoms with Crippen LogP contribution in [-0.2, 0) is 16.2 Å². The molecule has 3 heterocycles. The van der Waals surface area contributed by atoms with Crippen molar-refractivity contribution in [1.29, 1.82) is 0 Å². The first-order chi connectivity index (χ1) is 36.9. The minimum absolute atomic E-state index is 0.00999. The minimum Gasteiger partial charge on any atom is -0.456 e. The number of nitrogens with zero attached hydrogens (tertiary/aromatic N) is 2. The van der Waals surface area contributed by atoms with Gasteiger partial charge in [0.2, 0.25) is 0 Å². The molecule has 1 aliphatic rings. The molecular weight excluding hydrogens is 985 g/mol. The molecule has 9 aromatic carbocycles. The average Bonchev–Trinajstić information content (AvgIpc) is 4.34. The van der Waals surface area contributed by atoms with E-state index in [0.717, 1.165) is 94.7 Å². The van der Waals surface area contributed by atoms with Gasteiger partial charge in [-0.15, -0.1) is 0 Å². The number of rotatable bonds is 8. The first-order valence-electron chi connectivity index (χ1n) is 27.8. The van der Waals surface area contributed by atoms with Crippen molar-refractivity contribution in [2.75, 3.05) is 9.80 Å². The summed E-state index contributed by atoms with van der Waals surface area (Å²) in [5.74, 6) is 0. The third-order valence-corrected chi connectivity index (χ3v) is 20.8. The van der Waals surface area contributed by atoms with E-state index in [4.69, 9.17) is 13.3 Å². The molecule has 1 aliphatic carbocycles. The zero-order chi connectivity index (χ0) is 54.6. The molecule has 0 saturated carbocycles. The smallest absolute Gasteiger partial charge is 0.145 e. The average molecular weight is 1060 g/mol. The molecule has 0 amide bonds. The van der Waals surface area contributed by atoms with Crippen molar-refractivity contribution in [2.24, 2.45) is 0 Å². The fraction of sp³-hybridized carbons (Fsp3) is 0.239. The number of para-hydroxylation sites is 3. The molecule has 0 atom stereocenters. The van der Waals surface area contributed by atoms with Crippen LogP contribution in [0.5, 0.6) is 0 Å². The summed E-state index contributed by atoms with van der Waals surface area (Å²) >= 11 is 0. The van der Waals surface area contributed by atoms with Crippen LogP contribution in [0.2, 0.25) is 39.3 Å². The third kappa shape index (κ3) is 7.90. The maximum Gasteiger partial charge on any atom is 0.145 e. The summed E-state index contributed by atoms with van der Waals surface area (Å²) in [6.45, 7) is 32.8. The van der Waals surface area contributed by atoms with Gasteiger partial charge in [-0.05, 0) is 122 Å². The predicted octanol–water partition coefficient (Wildman–Crippen LogP) is 20.3. The van der Waals surface area contributed by atoms with Crippen molar-refractivity contribution in [3.63, 3.8) is 0 Å². The Bertz CT molecular complexity index is 4390. The number of hydrogen-bond acceptors (Lipinski definition) is 5. The van der Waals surface area contributed by atoms with Crippen LogP contribution in [-0.4, -0.2) is 16.1 Å². The van der Waals surface area contributed by atoms with E-state index < -0.39 is 21.6 Å². The van der Waals surface area contributed by atoms with Crippen molar-refractivity contribution < 1.29 is 13.3 Å². The van der Waals surface area contributed by atoms with Gasteiger partial charge in [0, 0.05) is 78.5 Å². The Morgan fingerprint density at radius 2 is 0.833 bits per heavy atom. The van der Waals surface area contributed by atoms with E-state index in [1.807, 2.05) is 0 Å². The lowest BCUT2D eigenvalue weighted by Crippen LogP contribution is -2.37. The van der Waals surface area contributed by atoms with E-state index in [-0.39, 0.29) is 10.8 Å². The maximum atomic E-state index is 7.22. The highest BCUT2D eigenvalue weighted by molar-refractivity contribution is 6.90. The second kappa shape index (κ2) is 17.2. The SMILES string of the molecule is CC(C)(C)c1ccc(N(c2ccc3c(c2)C(C)(C)c2cc(N(c4ccc(C(C)(C)C)cc4)c4ccc5c(c4)oc4c([Si](C)(C)C)cccc45)c4c(oc5ccccc54)c2-3)c2ccc3c(c2)oc2c([Si](C)(C)C)cccc23)cc1. The van der Waals surface area contributed by atoms with Crippen LogP contribution >= 0.6 is 0 Å². The second-order valence-corrected chi connectivity index (χ2v) is 36.7. The Morgan fingerprint density at radius 1 is 0.385 bits per heavy atom. The Kier molecular flexibility index (Phi) is 11.0. The van der Waals surface area contributed by atoms with Gasteiger partial charge in [-0.2, -0.15) is 0 Å². The molecule has 0 radical (unpaired) electrons. The van der Waals surface area contributed by atoms with Gasteiger partial charge in [0.15, 0.2) is 0 Å². The van der Waals surface area contributed by atoms with Gasteiger partial charge in [0.25, 0.3) is 0 Å². The molecule has 0 aliphatic heterocycles. The zero-order valence-electron chi connectivity index (χ0n) is 47.8. The highest BCUT2D eigenvalue weighted by Gasteiger charge is 2.41. The molecule has 12 aromatic rings. The topological polar surface area (TPSA) is 45.9 Å². The van der Waals surface area contributed by atoms with E-state index in [0.29, 0.717) is 0 Å². The quantitative estimate of drug-likeness (QED) is 0.142. The van der Waals surface area contributed by atoms with Crippen LogP contribution < -0.4 is 20.2 Å². The van der Waals surface area contributed by atoms with Crippen LogP contribution in [0.3, 0.4) is 0 Å². The highest BCUT2D eigenvalue weighted by atomic mass is 28.3. The third-order valence-electron chi connectivity index (χ3n) is 16.8. The van der Waals surface area contributed by atoms with Crippen molar-refractivity contribution in [3.05, 3.63) is 192 Å². The summed E-state index contributed by atoms with van der Waals surface area (Å²) in [5, 5.41) is 9.47. The van der Waals surface area contributed by atoms with Crippen LogP contribution in [0.25, 0.3) is 76.9 Å². The van der Waals surface area contributed by atoms with Crippen molar-refractivity contribution in [2.45, 2.75) is 111 Å². The molecule has 0 N–H and O–H groups in total. The standard InChI is InChI=1S/C71H70N2O3Si2/c1-69(2,3)43-25-29-45(30-26-43)72(48-33-36-50-52-20-17-23-62(77(9,10)11)66(52)75-60(50)40-48)47-35-38-54-56(39-47)71(7,8)57-42-58(65-55-19-15-16-22-59(55)74-68(65)64(54)57)73(46-31-27-44(28-32-46)70(4,5)6)49-34-37-51-53-21-18-24-63(78(12,13)14)67(53)76-61(51)41-49/h15-42H,1-14H3. The van der Waals surface area contributed by atoms with Gasteiger partial charge < -0.3 is 23.1 Å². The number of benzene rings is 9. The van der Waals surface area contributed by atoms with Crippen molar-refractivity contribution in [1.82, 2.24) is 0 Å². The Morgan fingerprint density at radius 3 is 1.36 bits per heavy atom. The molecule has 13 rings (SSSR count). The van der Waals surface area contributed by atoms with Gasteiger partial charge in [0.1, 0.15) is 33.5 Å². The lowest BCUT2D eigenvalue weighted by atomic mass is 9.81. The molecule has 0 spiro atoms. The first-order valence-corrected chi connectivity index (χ1v) is 34.8. The van der Waals surface area contributed by atoms with Crippen molar-refractivity contribution >= 4 is 126 Å². The highest BCUT2D eigenvalue weighted by Crippen LogP contribution is 2.58. The fourth-order valence-electron chi connectivity index (χ4n) is 12.5. The Balaban J connectivity index is 1.02. The number of furan rings is 3. The van der Waals surface area contributed by atoms with Gasteiger partial charge in [-0.25, -0.2) is 0 Å². The number of anilines is 6. The van der Waals surface area contributed by atoms with E-state index >= 15 is 0 Å². The monoisotopic (exact) mass is 1050 g/mol. The zero-order valence-corrected chi connectivity index (χ0v) is 49.8. The Hall–Kier alpha value is -7.59. The van der Waals surface area contributed by atoms with E-state index in [1.165, 1.54) is 49.0 Å². The summed E-state index contributed by atoms with van der Waals surface area (Å²) < 4.78 is 21.1. The van der Waals surface area contributed by atoms with Gasteiger partial charge in [-0.3, -0.25) is 0 Å². The molecule has 5 nitrogen and oxygen atoms in total. The summed E-state index contributed by atoms with van der Waals surface area (Å²) in [7, 11) is -3.41. The minimum atomic E-state index is -1.72. The van der Waals surface area contributed by atoms with E-state index in [9.17, 15) is 0 Å². The summed E-state index contributed by atoms with van der Waals surface area (Å²) in [5.41, 5.74) is 18.9. The molecule has 7 heteroatoms. The molecule has 78 heavy (non-hydrogen) atoms. The van der Waals surface area contributed by atoms with Crippen LogP contribution in [0.4, 0.5) is 34.1 Å². The second-order valence-electron chi connectivity index (χ2n) is 26.7. The molecule has 3 aromatic heterocycles. The summed E-state index contributed by atoms with van der Waals surface area (Å²) in [6.07, 6.45) is 0. The largest absolute Gasteiger partial charge is 0.456 e. The van der Waals surface area contributed by atoms with Gasteiger partial charge in [0.05, 0.1) is 27.2 Å². The molecular formula is C71H70N2O3Si2. The fourth-order valence-corrected chi connectivity index (χ4v) is 15.4. The molecule has 0 unspecified atom stereocenters.